The fourth-order valence-electron chi connectivity index (χ4n) is 4.24. The molecule has 2 fully saturated rings. The lowest BCUT2D eigenvalue weighted by molar-refractivity contribution is 0.0907. The number of nitrogens with two attached hydrogens (primary N) is 1. The first-order valence-corrected chi connectivity index (χ1v) is 7.22. The Morgan fingerprint density at radius 3 is 2.42 bits per heavy atom. The number of carbonyl (C=O) groups is 1. The Labute approximate surface area is 114 Å². The molecule has 0 saturated heterocycles. The second-order valence-corrected chi connectivity index (χ2v) is 6.31. The van der Waals surface area contributed by atoms with Crippen molar-refractivity contribution in [2.45, 2.75) is 56.9 Å². The average Bonchev–Trinajstić information content (AvgIpc) is 2.93. The Hall–Kier alpha value is -1.50. The first-order valence-electron chi connectivity index (χ1n) is 7.22. The number of nitrogens with zero attached hydrogens (tertiary/aromatic N) is 2. The third-order valence-electron chi connectivity index (χ3n) is 5.49. The van der Waals surface area contributed by atoms with Gasteiger partial charge < -0.3 is 5.73 Å². The highest BCUT2D eigenvalue weighted by molar-refractivity contribution is 6.06. The van der Waals surface area contributed by atoms with Crippen molar-refractivity contribution in [2.75, 3.05) is 6.54 Å². The molecular formula is C15H21N3O. The molecule has 102 valence electrons. The van der Waals surface area contributed by atoms with Crippen molar-refractivity contribution in [3.8, 4) is 12.3 Å². The molecule has 19 heavy (non-hydrogen) atoms. The number of rotatable bonds is 1. The zero-order valence-corrected chi connectivity index (χ0v) is 11.3. The summed E-state index contributed by atoms with van der Waals surface area (Å²) in [6.07, 6.45) is 14.9. The van der Waals surface area contributed by atoms with E-state index in [2.05, 4.69) is 10.9 Å². The Kier molecular flexibility index (Phi) is 2.81. The fraction of sp³-hybridized carbons (Fsp3) is 0.733. The largest absolute Gasteiger partial charge is 0.385 e. The zero-order chi connectivity index (χ0) is 13.5. The lowest BCUT2D eigenvalue weighted by Gasteiger charge is -2.46. The normalized spacial score (nSPS) is 27.8. The first kappa shape index (κ1) is 12.5. The van der Waals surface area contributed by atoms with Crippen molar-refractivity contribution < 1.29 is 4.79 Å². The number of amidine groups is 1. The minimum Gasteiger partial charge on any atom is -0.385 e. The van der Waals surface area contributed by atoms with Gasteiger partial charge in [0.2, 0.25) is 0 Å². The predicted molar refractivity (Wildman–Crippen MR) is 74.7 cm³/mol. The van der Waals surface area contributed by atoms with Crippen LogP contribution in [0.3, 0.4) is 0 Å². The molecular weight excluding hydrogens is 238 g/mol. The van der Waals surface area contributed by atoms with Crippen LogP contribution in [0.2, 0.25) is 0 Å². The Morgan fingerprint density at radius 1 is 1.21 bits per heavy atom. The van der Waals surface area contributed by atoms with Crippen molar-refractivity contribution in [1.82, 2.24) is 4.90 Å². The Balaban J connectivity index is 1.82. The molecule has 0 aromatic heterocycles. The molecule has 0 aromatic carbocycles. The summed E-state index contributed by atoms with van der Waals surface area (Å²) in [6, 6.07) is -0.252. The van der Waals surface area contributed by atoms with Crippen LogP contribution in [0.5, 0.6) is 0 Å². The highest BCUT2D eigenvalue weighted by Gasteiger charge is 2.53. The Bertz CT molecular complexity index is 458. The first-order chi connectivity index (χ1) is 9.12. The maximum absolute atomic E-state index is 11.9. The van der Waals surface area contributed by atoms with Crippen LogP contribution in [-0.2, 0) is 0 Å². The third-order valence-corrected chi connectivity index (χ3v) is 5.49. The van der Waals surface area contributed by atoms with Crippen LogP contribution < -0.4 is 5.73 Å². The van der Waals surface area contributed by atoms with Crippen molar-refractivity contribution in [3.63, 3.8) is 0 Å². The van der Waals surface area contributed by atoms with E-state index < -0.39 is 0 Å². The maximum Gasteiger partial charge on any atom is 0.346 e. The second-order valence-electron chi connectivity index (χ2n) is 6.31. The van der Waals surface area contributed by atoms with Crippen molar-refractivity contribution in [3.05, 3.63) is 0 Å². The van der Waals surface area contributed by atoms with Gasteiger partial charge in [-0.25, -0.2) is 4.79 Å². The number of hydrogen-bond donors (Lipinski definition) is 1. The number of urea groups is 1. The van der Waals surface area contributed by atoms with Crippen LogP contribution in [0.15, 0.2) is 4.99 Å². The molecule has 4 nitrogen and oxygen atoms in total. The molecule has 1 aliphatic heterocycles. The molecule has 0 atom stereocenters. The molecule has 2 N–H and O–H groups in total. The van der Waals surface area contributed by atoms with Crippen LogP contribution in [0.4, 0.5) is 4.79 Å². The van der Waals surface area contributed by atoms with Crippen LogP contribution in [0, 0.1) is 17.8 Å². The molecule has 0 bridgehead atoms. The topological polar surface area (TPSA) is 58.7 Å². The molecule has 3 rings (SSSR count). The molecule has 1 heterocycles. The number of amides is 2. The SMILES string of the molecule is C#CCN1C(=O)N=C(N)C12CCC1(CCCC1)CC2. The molecule has 2 amide bonds. The van der Waals surface area contributed by atoms with Crippen molar-refractivity contribution >= 4 is 11.9 Å². The van der Waals surface area contributed by atoms with Gasteiger partial charge in [-0.15, -0.1) is 6.42 Å². The highest BCUT2D eigenvalue weighted by Crippen LogP contribution is 2.53. The van der Waals surface area contributed by atoms with Crippen LogP contribution >= 0.6 is 0 Å². The molecule has 2 spiro atoms. The van der Waals surface area contributed by atoms with Crippen molar-refractivity contribution in [2.24, 2.45) is 16.1 Å². The van der Waals surface area contributed by atoms with E-state index in [0.29, 0.717) is 17.8 Å². The van der Waals surface area contributed by atoms with Gasteiger partial charge in [0.25, 0.3) is 0 Å². The van der Waals surface area contributed by atoms with Gasteiger partial charge in [-0.1, -0.05) is 18.8 Å². The fourth-order valence-corrected chi connectivity index (χ4v) is 4.24. The summed E-state index contributed by atoms with van der Waals surface area (Å²) in [5.41, 5.74) is 6.20. The van der Waals surface area contributed by atoms with Crippen LogP contribution in [0.1, 0.15) is 51.4 Å². The van der Waals surface area contributed by atoms with Crippen LogP contribution in [-0.4, -0.2) is 28.9 Å². The van der Waals surface area contributed by atoms with Gasteiger partial charge in [0.05, 0.1) is 6.54 Å². The lowest BCUT2D eigenvalue weighted by atomic mass is 9.65. The standard InChI is InChI=1S/C15H21N3O/c1-2-11-18-13(19)17-12(16)15(18)9-7-14(8-10-15)5-3-4-6-14/h1H,3-11H2,(H2,16,17,19). The summed E-state index contributed by atoms with van der Waals surface area (Å²) in [5, 5.41) is 0. The van der Waals surface area contributed by atoms with E-state index in [0.717, 1.165) is 25.7 Å². The van der Waals surface area contributed by atoms with Gasteiger partial charge in [0, 0.05) is 0 Å². The number of aliphatic imine (C=N–C) groups is 1. The minimum absolute atomic E-state index is 0.252. The molecule has 0 unspecified atom stereocenters. The third kappa shape index (κ3) is 1.75. The van der Waals surface area contributed by atoms with Crippen molar-refractivity contribution in [1.29, 1.82) is 0 Å². The summed E-state index contributed by atoms with van der Waals surface area (Å²) < 4.78 is 0. The van der Waals surface area contributed by atoms with Crippen LogP contribution in [0.25, 0.3) is 0 Å². The molecule has 4 heteroatoms. The number of hydrogen-bond acceptors (Lipinski definition) is 2. The van der Waals surface area contributed by atoms with E-state index in [1.54, 1.807) is 4.90 Å². The monoisotopic (exact) mass is 259 g/mol. The molecule has 0 radical (unpaired) electrons. The smallest absolute Gasteiger partial charge is 0.346 e. The quantitative estimate of drug-likeness (QED) is 0.734. The van der Waals surface area contributed by atoms with Gasteiger partial charge in [-0.2, -0.15) is 4.99 Å². The summed E-state index contributed by atoms with van der Waals surface area (Å²) in [4.78, 5) is 17.6. The van der Waals surface area contributed by atoms with E-state index in [1.165, 1.54) is 25.7 Å². The predicted octanol–water partition coefficient (Wildman–Crippen LogP) is 2.29. The van der Waals surface area contributed by atoms with Gasteiger partial charge in [-0.05, 0) is 43.9 Å². The Morgan fingerprint density at radius 2 is 1.84 bits per heavy atom. The van der Waals surface area contributed by atoms with Gasteiger partial charge >= 0.3 is 6.03 Å². The summed E-state index contributed by atoms with van der Waals surface area (Å²) in [7, 11) is 0. The maximum atomic E-state index is 11.9. The van der Waals surface area contributed by atoms with Gasteiger partial charge in [0.1, 0.15) is 11.4 Å². The molecule has 2 aliphatic carbocycles. The summed E-state index contributed by atoms with van der Waals surface area (Å²) in [5.74, 6) is 3.06. The zero-order valence-electron chi connectivity index (χ0n) is 11.3. The minimum atomic E-state index is -0.378. The van der Waals surface area contributed by atoms with Gasteiger partial charge in [-0.3, -0.25) is 4.90 Å². The molecule has 2 saturated carbocycles. The average molecular weight is 259 g/mol. The second kappa shape index (κ2) is 4.26. The lowest BCUT2D eigenvalue weighted by Crippen LogP contribution is -2.57. The highest BCUT2D eigenvalue weighted by atomic mass is 16.2. The molecule has 0 aromatic rings. The van der Waals surface area contributed by atoms with E-state index in [1.807, 2.05) is 0 Å². The number of carbonyl (C=O) groups excluding carboxylic acids is 1. The van der Waals surface area contributed by atoms with E-state index >= 15 is 0 Å². The summed E-state index contributed by atoms with van der Waals surface area (Å²) >= 11 is 0. The molecule has 3 aliphatic rings. The van der Waals surface area contributed by atoms with E-state index in [9.17, 15) is 4.79 Å². The van der Waals surface area contributed by atoms with E-state index in [4.69, 9.17) is 12.2 Å². The van der Waals surface area contributed by atoms with Gasteiger partial charge in [0.15, 0.2) is 0 Å². The number of terminal acetylenes is 1. The summed E-state index contributed by atoms with van der Waals surface area (Å²) in [6.45, 7) is 0.316. The van der Waals surface area contributed by atoms with E-state index in [-0.39, 0.29) is 11.6 Å².